The molecule has 1 heterocycles. The van der Waals surface area contributed by atoms with Gasteiger partial charge in [0, 0.05) is 43.9 Å². The highest BCUT2D eigenvalue weighted by Gasteiger charge is 2.26. The molecule has 1 aliphatic heterocycles. The van der Waals surface area contributed by atoms with Crippen LogP contribution in [0.4, 0.5) is 0 Å². The summed E-state index contributed by atoms with van der Waals surface area (Å²) in [5.41, 5.74) is 5.51. The molecule has 0 saturated carbocycles. The number of aryl methyl sites for hydroxylation is 2. The molecule has 0 aromatic heterocycles. The number of nitriles is 1. The lowest BCUT2D eigenvalue weighted by molar-refractivity contribution is 0.0625. The van der Waals surface area contributed by atoms with E-state index in [1.165, 1.54) is 0 Å². The summed E-state index contributed by atoms with van der Waals surface area (Å²) in [6.45, 7) is 7.54. The number of amides is 1. The van der Waals surface area contributed by atoms with Gasteiger partial charge in [-0.1, -0.05) is 42.5 Å². The minimum atomic E-state index is -0.124. The van der Waals surface area contributed by atoms with E-state index >= 15 is 0 Å². The van der Waals surface area contributed by atoms with Crippen LogP contribution in [0.5, 0.6) is 0 Å². The molecule has 0 N–H and O–H groups in total. The first-order valence-corrected chi connectivity index (χ1v) is 11.2. The van der Waals surface area contributed by atoms with Gasteiger partial charge in [0.15, 0.2) is 5.78 Å². The molecule has 5 nitrogen and oxygen atoms in total. The van der Waals surface area contributed by atoms with Crippen LogP contribution in [0.1, 0.15) is 48.5 Å². The second-order valence-electron chi connectivity index (χ2n) is 8.55. The van der Waals surface area contributed by atoms with Crippen LogP contribution in [0.25, 0.3) is 0 Å². The number of carbonyl (C=O) groups is 2. The molecule has 0 atom stereocenters. The third-order valence-corrected chi connectivity index (χ3v) is 6.32. The van der Waals surface area contributed by atoms with Crippen LogP contribution in [-0.2, 0) is 6.54 Å². The Kier molecular flexibility index (Phi) is 6.67. The van der Waals surface area contributed by atoms with Gasteiger partial charge in [-0.3, -0.25) is 14.5 Å². The summed E-state index contributed by atoms with van der Waals surface area (Å²) < 4.78 is 0. The average molecular weight is 438 g/mol. The number of nitrogens with zero attached hydrogens (tertiary/aromatic N) is 3. The summed E-state index contributed by atoms with van der Waals surface area (Å²) in [4.78, 5) is 30.7. The van der Waals surface area contributed by atoms with Crippen LogP contribution in [0.2, 0.25) is 0 Å². The van der Waals surface area contributed by atoms with E-state index in [2.05, 4.69) is 11.0 Å². The van der Waals surface area contributed by atoms with Crippen LogP contribution in [0.15, 0.2) is 66.7 Å². The smallest absolute Gasteiger partial charge is 0.254 e. The highest BCUT2D eigenvalue weighted by molar-refractivity contribution is 6.15. The summed E-state index contributed by atoms with van der Waals surface area (Å²) in [6.07, 6.45) is 0. The Balaban J connectivity index is 1.44. The van der Waals surface area contributed by atoms with Crippen molar-refractivity contribution >= 4 is 11.7 Å². The first-order chi connectivity index (χ1) is 16.0. The predicted molar refractivity (Wildman–Crippen MR) is 128 cm³/mol. The largest absolute Gasteiger partial charge is 0.336 e. The first-order valence-electron chi connectivity index (χ1n) is 11.2. The Labute approximate surface area is 194 Å². The Hall–Kier alpha value is -3.75. The van der Waals surface area contributed by atoms with Gasteiger partial charge in [-0.15, -0.1) is 0 Å². The Bertz CT molecular complexity index is 1220. The number of hydrogen-bond donors (Lipinski definition) is 0. The molecule has 3 aromatic carbocycles. The van der Waals surface area contributed by atoms with Gasteiger partial charge in [0.2, 0.25) is 0 Å². The van der Waals surface area contributed by atoms with E-state index in [0.717, 1.165) is 36.3 Å². The highest BCUT2D eigenvalue weighted by Crippen LogP contribution is 2.20. The van der Waals surface area contributed by atoms with Crippen molar-refractivity contribution in [2.75, 3.05) is 26.2 Å². The molecule has 1 aliphatic rings. The average Bonchev–Trinajstić information content (AvgIpc) is 2.86. The van der Waals surface area contributed by atoms with Crippen molar-refractivity contribution in [2.24, 2.45) is 0 Å². The molecule has 4 rings (SSSR count). The van der Waals surface area contributed by atoms with Gasteiger partial charge in [-0.25, -0.2) is 0 Å². The van der Waals surface area contributed by atoms with E-state index in [1.54, 1.807) is 18.2 Å². The lowest BCUT2D eigenvalue weighted by Crippen LogP contribution is -2.48. The molecule has 0 unspecified atom stereocenters. The van der Waals surface area contributed by atoms with Gasteiger partial charge in [0.25, 0.3) is 5.91 Å². The molecule has 5 heteroatoms. The van der Waals surface area contributed by atoms with Crippen molar-refractivity contribution in [3.05, 3.63) is 106 Å². The first kappa shape index (κ1) is 22.4. The highest BCUT2D eigenvalue weighted by atomic mass is 16.2. The molecule has 1 amide bonds. The number of piperazine rings is 1. The van der Waals surface area contributed by atoms with Crippen molar-refractivity contribution in [1.29, 1.82) is 5.26 Å². The second kappa shape index (κ2) is 9.81. The number of hydrogen-bond acceptors (Lipinski definition) is 4. The fraction of sp³-hybridized carbons (Fsp3) is 0.250. The molecular weight excluding hydrogens is 410 g/mol. The molecule has 1 fully saturated rings. The van der Waals surface area contributed by atoms with Crippen molar-refractivity contribution < 1.29 is 9.59 Å². The van der Waals surface area contributed by atoms with Crippen molar-refractivity contribution in [3.63, 3.8) is 0 Å². The maximum atomic E-state index is 13.3. The van der Waals surface area contributed by atoms with Crippen molar-refractivity contribution in [2.45, 2.75) is 20.4 Å². The Morgan fingerprint density at radius 2 is 1.52 bits per heavy atom. The van der Waals surface area contributed by atoms with Gasteiger partial charge < -0.3 is 4.90 Å². The SMILES string of the molecule is Cc1ccc(C(=O)c2ccccc2C(=O)N2CCN(Cc3ccc(C#N)cc3)CC2)cc1C. The molecular formula is C28H27N3O2. The Morgan fingerprint density at radius 1 is 0.848 bits per heavy atom. The quantitative estimate of drug-likeness (QED) is 0.556. The number of ketones is 1. The van der Waals surface area contributed by atoms with Gasteiger partial charge in [-0.2, -0.15) is 5.26 Å². The van der Waals surface area contributed by atoms with E-state index in [9.17, 15) is 9.59 Å². The minimum Gasteiger partial charge on any atom is -0.336 e. The van der Waals surface area contributed by atoms with Gasteiger partial charge >= 0.3 is 0 Å². The fourth-order valence-corrected chi connectivity index (χ4v) is 4.13. The van der Waals surface area contributed by atoms with E-state index in [4.69, 9.17) is 5.26 Å². The zero-order chi connectivity index (χ0) is 23.4. The van der Waals surface area contributed by atoms with Crippen LogP contribution >= 0.6 is 0 Å². The van der Waals surface area contributed by atoms with E-state index in [0.29, 0.717) is 35.3 Å². The lowest BCUT2D eigenvalue weighted by Gasteiger charge is -2.35. The summed E-state index contributed by atoms with van der Waals surface area (Å²) in [7, 11) is 0. The van der Waals surface area contributed by atoms with Gasteiger partial charge in [0.1, 0.15) is 0 Å². The summed E-state index contributed by atoms with van der Waals surface area (Å²) in [5.74, 6) is -0.220. The predicted octanol–water partition coefficient (Wildman–Crippen LogP) is 4.36. The zero-order valence-electron chi connectivity index (χ0n) is 19.0. The topological polar surface area (TPSA) is 64.4 Å². The molecule has 166 valence electrons. The van der Waals surface area contributed by atoms with Crippen LogP contribution in [-0.4, -0.2) is 47.7 Å². The van der Waals surface area contributed by atoms with Crippen molar-refractivity contribution in [3.8, 4) is 6.07 Å². The van der Waals surface area contributed by atoms with E-state index in [1.807, 2.05) is 67.3 Å². The zero-order valence-corrected chi connectivity index (χ0v) is 19.0. The summed E-state index contributed by atoms with van der Waals surface area (Å²) in [5, 5.41) is 8.95. The lowest BCUT2D eigenvalue weighted by atomic mass is 9.95. The summed E-state index contributed by atoms with van der Waals surface area (Å²) >= 11 is 0. The Morgan fingerprint density at radius 3 is 2.15 bits per heavy atom. The van der Waals surface area contributed by atoms with Crippen LogP contribution in [0.3, 0.4) is 0 Å². The van der Waals surface area contributed by atoms with E-state index in [-0.39, 0.29) is 11.7 Å². The van der Waals surface area contributed by atoms with Gasteiger partial charge in [0.05, 0.1) is 17.2 Å². The molecule has 0 spiro atoms. The van der Waals surface area contributed by atoms with Crippen molar-refractivity contribution in [1.82, 2.24) is 9.80 Å². The molecule has 0 aliphatic carbocycles. The maximum absolute atomic E-state index is 13.3. The summed E-state index contributed by atoms with van der Waals surface area (Å²) in [6, 6.07) is 22.5. The fourth-order valence-electron chi connectivity index (χ4n) is 4.13. The second-order valence-corrected chi connectivity index (χ2v) is 8.55. The standard InChI is InChI=1S/C28H27N3O2/c1-20-7-12-24(17-21(20)2)27(32)25-5-3-4-6-26(25)28(33)31-15-13-30(14-16-31)19-23-10-8-22(18-29)9-11-23/h3-12,17H,13-16,19H2,1-2H3. The molecule has 33 heavy (non-hydrogen) atoms. The van der Waals surface area contributed by atoms with E-state index < -0.39 is 0 Å². The number of rotatable bonds is 5. The van der Waals surface area contributed by atoms with Crippen LogP contribution in [0, 0.1) is 25.2 Å². The molecule has 0 bridgehead atoms. The molecule has 3 aromatic rings. The number of benzene rings is 3. The molecule has 0 radical (unpaired) electrons. The third-order valence-electron chi connectivity index (χ3n) is 6.32. The van der Waals surface area contributed by atoms with Gasteiger partial charge in [-0.05, 0) is 54.8 Å². The monoisotopic (exact) mass is 437 g/mol. The van der Waals surface area contributed by atoms with Crippen LogP contribution < -0.4 is 0 Å². The normalized spacial score (nSPS) is 14.0. The maximum Gasteiger partial charge on any atom is 0.254 e. The molecule has 1 saturated heterocycles. The minimum absolute atomic E-state index is 0.0965. The third kappa shape index (κ3) is 5.02. The number of carbonyl (C=O) groups excluding carboxylic acids is 2.